The second kappa shape index (κ2) is 8.69. The molecule has 0 heterocycles. The van der Waals surface area contributed by atoms with E-state index in [1.165, 1.54) is 25.3 Å². The molecule has 3 aromatic rings. The molecule has 3 rings (SSSR count). The van der Waals surface area contributed by atoms with Crippen LogP contribution in [0.3, 0.4) is 0 Å². The molecule has 3 aromatic carbocycles. The molecule has 5 nitrogen and oxygen atoms in total. The number of ether oxygens (including phenoxy) is 2. The fraction of sp³-hybridized carbons (Fsp3) is 0.0909. The standard InChI is InChI=1S/C22H17FN2O3/c1-27-21-12-18(23)8-11-20(21)25-22(26)15-6-9-19(10-7-15)28-14-17-5-3-2-4-16(17)13-24/h2-12H,14H2,1H3,(H,25,26). The molecule has 0 bridgehead atoms. The smallest absolute Gasteiger partial charge is 0.255 e. The number of rotatable bonds is 6. The number of nitrogens with zero attached hydrogens (tertiary/aromatic N) is 1. The summed E-state index contributed by atoms with van der Waals surface area (Å²) >= 11 is 0. The maximum atomic E-state index is 13.3. The van der Waals surface area contributed by atoms with Crippen molar-refractivity contribution >= 4 is 11.6 Å². The Hall–Kier alpha value is -3.85. The number of halogens is 1. The first-order valence-electron chi connectivity index (χ1n) is 8.46. The number of nitriles is 1. The Balaban J connectivity index is 1.65. The van der Waals surface area contributed by atoms with Crippen molar-refractivity contribution in [2.45, 2.75) is 6.61 Å². The van der Waals surface area contributed by atoms with Gasteiger partial charge in [0.2, 0.25) is 0 Å². The van der Waals surface area contributed by atoms with E-state index < -0.39 is 5.82 Å². The minimum absolute atomic E-state index is 0.240. The van der Waals surface area contributed by atoms with Gasteiger partial charge < -0.3 is 14.8 Å². The SMILES string of the molecule is COc1cc(F)ccc1NC(=O)c1ccc(OCc2ccccc2C#N)cc1. The third-order valence-electron chi connectivity index (χ3n) is 4.06. The number of carbonyl (C=O) groups excluding carboxylic acids is 1. The quantitative estimate of drug-likeness (QED) is 0.686. The van der Waals surface area contributed by atoms with Gasteiger partial charge in [-0.3, -0.25) is 4.79 Å². The van der Waals surface area contributed by atoms with Crippen molar-refractivity contribution in [1.82, 2.24) is 0 Å². The van der Waals surface area contributed by atoms with Crippen molar-refractivity contribution in [3.63, 3.8) is 0 Å². The Morgan fingerprint density at radius 3 is 2.57 bits per heavy atom. The average molecular weight is 376 g/mol. The molecule has 0 unspecified atom stereocenters. The number of nitrogens with one attached hydrogen (secondary N) is 1. The summed E-state index contributed by atoms with van der Waals surface area (Å²) in [5.74, 6) is 0.00808. The molecule has 140 valence electrons. The van der Waals surface area contributed by atoms with E-state index in [9.17, 15) is 9.18 Å². The molecule has 0 saturated carbocycles. The van der Waals surface area contributed by atoms with Crippen molar-refractivity contribution in [1.29, 1.82) is 5.26 Å². The van der Waals surface area contributed by atoms with Crippen LogP contribution >= 0.6 is 0 Å². The summed E-state index contributed by atoms with van der Waals surface area (Å²) in [6.45, 7) is 0.252. The van der Waals surface area contributed by atoms with Gasteiger partial charge >= 0.3 is 0 Å². The summed E-state index contributed by atoms with van der Waals surface area (Å²) in [6.07, 6.45) is 0. The third-order valence-corrected chi connectivity index (χ3v) is 4.06. The normalized spacial score (nSPS) is 10.0. The number of hydrogen-bond acceptors (Lipinski definition) is 4. The van der Waals surface area contributed by atoms with E-state index in [0.717, 1.165) is 5.56 Å². The van der Waals surface area contributed by atoms with Crippen LogP contribution in [0.2, 0.25) is 0 Å². The minimum atomic E-state index is -0.450. The van der Waals surface area contributed by atoms with E-state index in [1.807, 2.05) is 12.1 Å². The third kappa shape index (κ3) is 4.46. The molecule has 0 saturated heterocycles. The van der Waals surface area contributed by atoms with Crippen LogP contribution in [0.5, 0.6) is 11.5 Å². The second-order valence-electron chi connectivity index (χ2n) is 5.88. The Morgan fingerprint density at radius 1 is 1.11 bits per heavy atom. The van der Waals surface area contributed by atoms with Gasteiger partial charge in [0.1, 0.15) is 23.9 Å². The van der Waals surface area contributed by atoms with Crippen LogP contribution < -0.4 is 14.8 Å². The first-order chi connectivity index (χ1) is 13.6. The van der Waals surface area contributed by atoms with Gasteiger partial charge in [-0.15, -0.1) is 0 Å². The van der Waals surface area contributed by atoms with E-state index >= 15 is 0 Å². The second-order valence-corrected chi connectivity index (χ2v) is 5.88. The molecule has 1 N–H and O–H groups in total. The van der Waals surface area contributed by atoms with Gasteiger partial charge in [-0.25, -0.2) is 4.39 Å². The van der Waals surface area contributed by atoms with Gasteiger partial charge in [-0.1, -0.05) is 18.2 Å². The summed E-state index contributed by atoms with van der Waals surface area (Å²) in [4.78, 5) is 12.4. The summed E-state index contributed by atoms with van der Waals surface area (Å²) in [6, 6.07) is 19.8. The van der Waals surface area contributed by atoms with Crippen LogP contribution in [-0.2, 0) is 6.61 Å². The molecule has 0 fully saturated rings. The van der Waals surface area contributed by atoms with Crippen LogP contribution in [0.4, 0.5) is 10.1 Å². The first kappa shape index (κ1) is 18.9. The molecule has 0 aliphatic carbocycles. The lowest BCUT2D eigenvalue weighted by Crippen LogP contribution is -2.12. The highest BCUT2D eigenvalue weighted by atomic mass is 19.1. The highest BCUT2D eigenvalue weighted by molar-refractivity contribution is 6.05. The zero-order valence-corrected chi connectivity index (χ0v) is 15.1. The molecule has 1 amide bonds. The average Bonchev–Trinajstić information content (AvgIpc) is 2.74. The number of methoxy groups -OCH3 is 1. The number of benzene rings is 3. The van der Waals surface area contributed by atoms with E-state index in [2.05, 4.69) is 11.4 Å². The van der Waals surface area contributed by atoms with Crippen molar-refractivity contribution in [2.24, 2.45) is 0 Å². The molecule has 0 radical (unpaired) electrons. The van der Waals surface area contributed by atoms with Crippen molar-refractivity contribution in [2.75, 3.05) is 12.4 Å². The van der Waals surface area contributed by atoms with Crippen molar-refractivity contribution in [3.8, 4) is 17.6 Å². The fourth-order valence-electron chi connectivity index (χ4n) is 2.58. The lowest BCUT2D eigenvalue weighted by Gasteiger charge is -2.11. The van der Waals surface area contributed by atoms with Gasteiger partial charge in [-0.2, -0.15) is 5.26 Å². The number of hydrogen-bond donors (Lipinski definition) is 1. The number of carbonyl (C=O) groups is 1. The van der Waals surface area contributed by atoms with Gasteiger partial charge in [0.05, 0.1) is 24.4 Å². The zero-order chi connectivity index (χ0) is 19.9. The van der Waals surface area contributed by atoms with Crippen LogP contribution in [0.25, 0.3) is 0 Å². The topological polar surface area (TPSA) is 71.3 Å². The Kier molecular flexibility index (Phi) is 5.87. The van der Waals surface area contributed by atoms with E-state index in [0.29, 0.717) is 22.6 Å². The Bertz CT molecular complexity index is 1030. The van der Waals surface area contributed by atoms with Crippen LogP contribution in [0.15, 0.2) is 66.7 Å². The molecule has 0 aromatic heterocycles. The Morgan fingerprint density at radius 2 is 1.86 bits per heavy atom. The summed E-state index contributed by atoms with van der Waals surface area (Å²) < 4.78 is 24.0. The monoisotopic (exact) mass is 376 g/mol. The predicted octanol–water partition coefficient (Wildman–Crippen LogP) is 4.54. The van der Waals surface area contributed by atoms with Crippen LogP contribution in [0.1, 0.15) is 21.5 Å². The van der Waals surface area contributed by atoms with E-state index in [4.69, 9.17) is 14.7 Å². The lowest BCUT2D eigenvalue weighted by molar-refractivity contribution is 0.102. The van der Waals surface area contributed by atoms with Gasteiger partial charge in [0.25, 0.3) is 5.91 Å². The lowest BCUT2D eigenvalue weighted by atomic mass is 10.1. The zero-order valence-electron chi connectivity index (χ0n) is 15.1. The number of anilines is 1. The van der Waals surface area contributed by atoms with Gasteiger partial charge in [0, 0.05) is 17.2 Å². The highest BCUT2D eigenvalue weighted by Gasteiger charge is 2.11. The van der Waals surface area contributed by atoms with E-state index in [1.54, 1.807) is 36.4 Å². The molecule has 0 aliphatic heterocycles. The minimum Gasteiger partial charge on any atom is -0.494 e. The molecule has 0 aliphatic rings. The largest absolute Gasteiger partial charge is 0.494 e. The summed E-state index contributed by atoms with van der Waals surface area (Å²) in [5.41, 5.74) is 2.14. The van der Waals surface area contributed by atoms with Crippen LogP contribution in [0, 0.1) is 17.1 Å². The Labute approximate surface area is 162 Å². The summed E-state index contributed by atoms with van der Waals surface area (Å²) in [5, 5.41) is 11.8. The van der Waals surface area contributed by atoms with Gasteiger partial charge in [-0.05, 0) is 42.5 Å². The summed E-state index contributed by atoms with van der Waals surface area (Å²) in [7, 11) is 1.40. The first-order valence-corrected chi connectivity index (χ1v) is 8.46. The molecule has 28 heavy (non-hydrogen) atoms. The van der Waals surface area contributed by atoms with Crippen LogP contribution in [-0.4, -0.2) is 13.0 Å². The molecular weight excluding hydrogens is 359 g/mol. The molecule has 6 heteroatoms. The highest BCUT2D eigenvalue weighted by Crippen LogP contribution is 2.25. The van der Waals surface area contributed by atoms with Crippen molar-refractivity contribution < 1.29 is 18.7 Å². The predicted molar refractivity (Wildman–Crippen MR) is 103 cm³/mol. The fourth-order valence-corrected chi connectivity index (χ4v) is 2.58. The van der Waals surface area contributed by atoms with Gasteiger partial charge in [0.15, 0.2) is 0 Å². The molecule has 0 atom stereocenters. The van der Waals surface area contributed by atoms with E-state index in [-0.39, 0.29) is 18.3 Å². The van der Waals surface area contributed by atoms with Crippen molar-refractivity contribution in [3.05, 3.63) is 89.2 Å². The number of amides is 1. The molecular formula is C22H17FN2O3. The maximum Gasteiger partial charge on any atom is 0.255 e. The molecule has 0 spiro atoms. The maximum absolute atomic E-state index is 13.3.